The fourth-order valence-electron chi connectivity index (χ4n) is 2.42. The highest BCUT2D eigenvalue weighted by molar-refractivity contribution is 7.98. The van der Waals surface area contributed by atoms with Gasteiger partial charge in [0.2, 0.25) is 0 Å². The summed E-state index contributed by atoms with van der Waals surface area (Å²) in [6, 6.07) is 6.67. The van der Waals surface area contributed by atoms with E-state index in [0.29, 0.717) is 6.54 Å². The zero-order chi connectivity index (χ0) is 14.1. The third-order valence-electron chi connectivity index (χ3n) is 3.17. The van der Waals surface area contributed by atoms with E-state index in [1.165, 1.54) is 16.7 Å². The summed E-state index contributed by atoms with van der Waals surface area (Å²) in [4.78, 5) is 5.69. The first-order valence-corrected chi connectivity index (χ1v) is 8.38. The average molecular weight is 303 g/mol. The summed E-state index contributed by atoms with van der Waals surface area (Å²) in [7, 11) is 0. The first-order valence-electron chi connectivity index (χ1n) is 6.52. The summed E-state index contributed by atoms with van der Waals surface area (Å²) in [6.45, 7) is 4.80. The molecule has 3 aromatic rings. The summed E-state index contributed by atoms with van der Waals surface area (Å²) >= 11 is 3.41. The molecule has 0 aliphatic carbocycles. The van der Waals surface area contributed by atoms with Crippen molar-refractivity contribution in [1.29, 1.82) is 0 Å². The van der Waals surface area contributed by atoms with Crippen molar-refractivity contribution in [3.05, 3.63) is 52.2 Å². The predicted molar refractivity (Wildman–Crippen MR) is 86.4 cm³/mol. The van der Waals surface area contributed by atoms with Crippen molar-refractivity contribution in [3.8, 4) is 0 Å². The van der Waals surface area contributed by atoms with Crippen LogP contribution in [-0.2, 0) is 12.3 Å². The van der Waals surface area contributed by atoms with Gasteiger partial charge in [0.1, 0.15) is 5.03 Å². The lowest BCUT2D eigenvalue weighted by molar-refractivity contribution is 0.924. The second-order valence-corrected chi connectivity index (χ2v) is 6.75. The Labute approximate surface area is 126 Å². The fourth-order valence-corrected chi connectivity index (χ4v) is 4.18. The largest absolute Gasteiger partial charge is 0.325 e. The van der Waals surface area contributed by atoms with Crippen LogP contribution < -0.4 is 5.73 Å². The van der Waals surface area contributed by atoms with E-state index in [2.05, 4.69) is 41.4 Å². The van der Waals surface area contributed by atoms with Crippen LogP contribution in [0.5, 0.6) is 0 Å². The van der Waals surface area contributed by atoms with Gasteiger partial charge in [-0.2, -0.15) is 0 Å². The molecule has 20 heavy (non-hydrogen) atoms. The fraction of sp³-hybridized carbons (Fsp3) is 0.267. The molecule has 1 aromatic carbocycles. The monoisotopic (exact) mass is 303 g/mol. The number of hydrogen-bond donors (Lipinski definition) is 1. The van der Waals surface area contributed by atoms with Gasteiger partial charge in [-0.3, -0.25) is 4.40 Å². The number of hydrogen-bond acceptors (Lipinski definition) is 4. The summed E-state index contributed by atoms with van der Waals surface area (Å²) in [6.07, 6.45) is 2.04. The van der Waals surface area contributed by atoms with Gasteiger partial charge in [0.05, 0.1) is 5.69 Å². The van der Waals surface area contributed by atoms with Gasteiger partial charge in [-0.05, 0) is 19.4 Å². The van der Waals surface area contributed by atoms with Crippen LogP contribution in [0.2, 0.25) is 0 Å². The van der Waals surface area contributed by atoms with Crippen LogP contribution >= 0.6 is 23.1 Å². The predicted octanol–water partition coefficient (Wildman–Crippen LogP) is 3.76. The summed E-state index contributed by atoms with van der Waals surface area (Å²) in [5, 5.41) is 3.10. The van der Waals surface area contributed by atoms with Crippen LogP contribution in [0.25, 0.3) is 4.96 Å². The standard InChI is InChI=1S/C15H17N3S2/c1-10-5-11(2)7-12(6-10)9-20-14-13(8-16)18-3-4-19-15(18)17-14/h3-7H,8-9,16H2,1-2H3. The minimum atomic E-state index is 0.521. The third-order valence-corrected chi connectivity index (χ3v) is 5.01. The molecule has 0 fully saturated rings. The molecule has 0 saturated heterocycles. The Kier molecular flexibility index (Phi) is 3.83. The molecule has 2 N–H and O–H groups in total. The molecule has 0 aliphatic rings. The average Bonchev–Trinajstić information content (AvgIpc) is 2.94. The van der Waals surface area contributed by atoms with E-state index < -0.39 is 0 Å². The van der Waals surface area contributed by atoms with Crippen molar-refractivity contribution in [3.63, 3.8) is 0 Å². The normalized spacial score (nSPS) is 11.3. The molecule has 3 nitrogen and oxygen atoms in total. The molecule has 104 valence electrons. The van der Waals surface area contributed by atoms with E-state index in [1.54, 1.807) is 23.1 Å². The molecule has 3 rings (SSSR count). The van der Waals surface area contributed by atoms with Crippen LogP contribution in [0, 0.1) is 13.8 Å². The molecule has 0 saturated carbocycles. The number of nitrogens with zero attached hydrogens (tertiary/aromatic N) is 2. The van der Waals surface area contributed by atoms with E-state index >= 15 is 0 Å². The van der Waals surface area contributed by atoms with Gasteiger partial charge in [0.25, 0.3) is 0 Å². The molecule has 2 heterocycles. The summed E-state index contributed by atoms with van der Waals surface area (Å²) in [5.41, 5.74) is 10.9. The van der Waals surface area contributed by atoms with Crippen LogP contribution in [0.3, 0.4) is 0 Å². The van der Waals surface area contributed by atoms with E-state index in [0.717, 1.165) is 21.4 Å². The molecule has 0 spiro atoms. The minimum absolute atomic E-state index is 0.521. The van der Waals surface area contributed by atoms with Gasteiger partial charge in [0, 0.05) is 23.9 Å². The van der Waals surface area contributed by atoms with Gasteiger partial charge in [0.15, 0.2) is 4.96 Å². The molecular formula is C15H17N3S2. The summed E-state index contributed by atoms with van der Waals surface area (Å²) in [5.74, 6) is 0.931. The molecule has 2 aromatic heterocycles. The molecule has 5 heteroatoms. The number of imidazole rings is 1. The highest BCUT2D eigenvalue weighted by atomic mass is 32.2. The maximum atomic E-state index is 5.87. The first kappa shape index (κ1) is 13.7. The van der Waals surface area contributed by atoms with Crippen LogP contribution in [0.4, 0.5) is 0 Å². The quantitative estimate of drug-likeness (QED) is 0.746. The van der Waals surface area contributed by atoms with Crippen LogP contribution in [0.1, 0.15) is 22.4 Å². The number of thiazole rings is 1. The van der Waals surface area contributed by atoms with Crippen LogP contribution in [-0.4, -0.2) is 9.38 Å². The molecular weight excluding hydrogens is 286 g/mol. The Bertz CT molecular complexity index is 722. The SMILES string of the molecule is Cc1cc(C)cc(CSc2nc3sccn3c2CN)c1. The Morgan fingerprint density at radius 2 is 2.00 bits per heavy atom. The molecule has 0 aliphatic heterocycles. The molecule has 0 amide bonds. The van der Waals surface area contributed by atoms with Crippen molar-refractivity contribution >= 4 is 28.1 Å². The lowest BCUT2D eigenvalue weighted by Gasteiger charge is -2.05. The molecule has 0 bridgehead atoms. The summed E-state index contributed by atoms with van der Waals surface area (Å²) < 4.78 is 2.09. The van der Waals surface area contributed by atoms with Gasteiger partial charge in [-0.15, -0.1) is 11.3 Å². The number of benzene rings is 1. The van der Waals surface area contributed by atoms with Crippen molar-refractivity contribution in [2.45, 2.75) is 31.2 Å². The Morgan fingerprint density at radius 1 is 1.25 bits per heavy atom. The van der Waals surface area contributed by atoms with Crippen molar-refractivity contribution in [2.24, 2.45) is 5.73 Å². The lowest BCUT2D eigenvalue weighted by Crippen LogP contribution is -2.01. The van der Waals surface area contributed by atoms with E-state index in [-0.39, 0.29) is 0 Å². The smallest absolute Gasteiger partial charge is 0.194 e. The number of aryl methyl sites for hydroxylation is 2. The second-order valence-electron chi connectivity index (χ2n) is 4.91. The Hall–Kier alpha value is -1.30. The maximum absolute atomic E-state index is 5.87. The number of aromatic nitrogens is 2. The number of rotatable bonds is 4. The van der Waals surface area contributed by atoms with E-state index in [1.807, 2.05) is 11.6 Å². The Balaban J connectivity index is 1.84. The minimum Gasteiger partial charge on any atom is -0.325 e. The first-order chi connectivity index (χ1) is 9.67. The maximum Gasteiger partial charge on any atom is 0.194 e. The molecule has 0 unspecified atom stereocenters. The van der Waals surface area contributed by atoms with Gasteiger partial charge in [-0.1, -0.05) is 41.1 Å². The third kappa shape index (κ3) is 2.61. The molecule has 0 radical (unpaired) electrons. The van der Waals surface area contributed by atoms with E-state index in [4.69, 9.17) is 5.73 Å². The Morgan fingerprint density at radius 3 is 2.70 bits per heavy atom. The lowest BCUT2D eigenvalue weighted by atomic mass is 10.1. The van der Waals surface area contributed by atoms with E-state index in [9.17, 15) is 0 Å². The van der Waals surface area contributed by atoms with Gasteiger partial charge >= 0.3 is 0 Å². The van der Waals surface area contributed by atoms with Gasteiger partial charge in [-0.25, -0.2) is 4.98 Å². The number of fused-ring (bicyclic) bond motifs is 1. The second kappa shape index (κ2) is 5.60. The van der Waals surface area contributed by atoms with Gasteiger partial charge < -0.3 is 5.73 Å². The zero-order valence-electron chi connectivity index (χ0n) is 11.6. The topological polar surface area (TPSA) is 43.3 Å². The number of nitrogens with two attached hydrogens (primary N) is 1. The highest BCUT2D eigenvalue weighted by Crippen LogP contribution is 2.28. The zero-order valence-corrected chi connectivity index (χ0v) is 13.2. The van der Waals surface area contributed by atoms with Crippen LogP contribution in [0.15, 0.2) is 34.8 Å². The number of thioether (sulfide) groups is 1. The van der Waals surface area contributed by atoms with Crippen molar-refractivity contribution in [1.82, 2.24) is 9.38 Å². The van der Waals surface area contributed by atoms with Crippen molar-refractivity contribution in [2.75, 3.05) is 0 Å². The molecule has 0 atom stereocenters. The van der Waals surface area contributed by atoms with Crippen molar-refractivity contribution < 1.29 is 0 Å². The highest BCUT2D eigenvalue weighted by Gasteiger charge is 2.12.